The molecule has 0 fully saturated rings. The number of anilines is 1. The van der Waals surface area contributed by atoms with Crippen LogP contribution in [0.5, 0.6) is 11.5 Å². The lowest BCUT2D eigenvalue weighted by Gasteiger charge is -2.03. The summed E-state index contributed by atoms with van der Waals surface area (Å²) in [5.41, 5.74) is 1.60. The first-order chi connectivity index (χ1) is 12.7. The smallest absolute Gasteiger partial charge is 0.322 e. The van der Waals surface area contributed by atoms with E-state index in [0.717, 1.165) is 16.0 Å². The van der Waals surface area contributed by atoms with Crippen LogP contribution in [-0.2, 0) is 11.2 Å². The highest BCUT2D eigenvalue weighted by Crippen LogP contribution is 2.32. The second kappa shape index (κ2) is 7.09. The van der Waals surface area contributed by atoms with E-state index in [1.165, 1.54) is 0 Å². The van der Waals surface area contributed by atoms with Gasteiger partial charge in [-0.05, 0) is 48.2 Å². The van der Waals surface area contributed by atoms with Gasteiger partial charge in [-0.15, -0.1) is 16.9 Å². The second-order valence-corrected chi connectivity index (χ2v) is 6.43. The summed E-state index contributed by atoms with van der Waals surface area (Å²) >= 11 is 1.65. The Morgan fingerprint density at radius 3 is 2.73 bits per heavy atom. The Morgan fingerprint density at radius 1 is 1.12 bits per heavy atom. The van der Waals surface area contributed by atoms with E-state index in [9.17, 15) is 4.79 Å². The molecule has 4 rings (SSSR count). The molecule has 1 N–H and O–H groups in total. The normalized spacial score (nSPS) is 12.2. The molecule has 26 heavy (non-hydrogen) atoms. The number of hydrogen-bond acceptors (Lipinski definition) is 7. The average molecular weight is 369 g/mol. The van der Waals surface area contributed by atoms with Gasteiger partial charge in [0.1, 0.15) is 0 Å². The molecule has 7 nitrogen and oxygen atoms in total. The molecule has 1 amide bonds. The van der Waals surface area contributed by atoms with Gasteiger partial charge in [-0.25, -0.2) is 0 Å². The van der Waals surface area contributed by atoms with E-state index < -0.39 is 0 Å². The average Bonchev–Trinajstić information content (AvgIpc) is 3.30. The quantitative estimate of drug-likeness (QED) is 0.690. The largest absolute Gasteiger partial charge is 0.454 e. The van der Waals surface area contributed by atoms with Crippen LogP contribution in [0.25, 0.3) is 11.5 Å². The first-order valence-corrected chi connectivity index (χ1v) is 9.10. The minimum atomic E-state index is -0.253. The zero-order chi connectivity index (χ0) is 17.9. The third kappa shape index (κ3) is 3.50. The minimum Gasteiger partial charge on any atom is -0.454 e. The maximum atomic E-state index is 12.2. The number of carbonyl (C=O) groups excluding carboxylic acids is 1. The number of ether oxygens (including phenoxy) is 2. The van der Waals surface area contributed by atoms with Crippen LogP contribution >= 0.6 is 11.8 Å². The molecule has 1 aliphatic heterocycles. The fourth-order valence-electron chi connectivity index (χ4n) is 2.52. The van der Waals surface area contributed by atoms with E-state index in [0.29, 0.717) is 17.4 Å². The molecule has 0 saturated carbocycles. The molecule has 2 heterocycles. The lowest BCUT2D eigenvalue weighted by molar-refractivity contribution is -0.115. The molecule has 0 atom stereocenters. The van der Waals surface area contributed by atoms with Gasteiger partial charge in [-0.1, -0.05) is 11.2 Å². The van der Waals surface area contributed by atoms with Crippen molar-refractivity contribution in [3.05, 3.63) is 48.0 Å². The topological polar surface area (TPSA) is 86.5 Å². The van der Waals surface area contributed by atoms with Crippen molar-refractivity contribution in [1.82, 2.24) is 10.2 Å². The summed E-state index contributed by atoms with van der Waals surface area (Å²) in [5, 5.41) is 10.5. The summed E-state index contributed by atoms with van der Waals surface area (Å²) < 4.78 is 16.1. The highest BCUT2D eigenvalue weighted by Gasteiger charge is 2.16. The van der Waals surface area contributed by atoms with E-state index in [4.69, 9.17) is 13.9 Å². The Hall–Kier alpha value is -3.00. The molecule has 0 spiro atoms. The number of aromatic nitrogens is 2. The van der Waals surface area contributed by atoms with Gasteiger partial charge in [0.25, 0.3) is 0 Å². The number of rotatable bonds is 5. The molecule has 132 valence electrons. The first-order valence-electron chi connectivity index (χ1n) is 7.87. The van der Waals surface area contributed by atoms with Crippen molar-refractivity contribution in [3.63, 3.8) is 0 Å². The van der Waals surface area contributed by atoms with Crippen LogP contribution in [0.4, 0.5) is 6.01 Å². The zero-order valence-corrected chi connectivity index (χ0v) is 14.7. The number of thioether (sulfide) groups is 1. The van der Waals surface area contributed by atoms with Gasteiger partial charge in [0, 0.05) is 10.5 Å². The number of fused-ring (bicyclic) bond motifs is 1. The van der Waals surface area contributed by atoms with Gasteiger partial charge in [-0.2, -0.15) is 0 Å². The van der Waals surface area contributed by atoms with Crippen LogP contribution in [-0.4, -0.2) is 29.2 Å². The summed E-state index contributed by atoms with van der Waals surface area (Å²) in [4.78, 5) is 13.3. The number of nitrogens with zero attached hydrogens (tertiary/aromatic N) is 2. The predicted molar refractivity (Wildman–Crippen MR) is 96.4 cm³/mol. The zero-order valence-electron chi connectivity index (χ0n) is 13.9. The highest BCUT2D eigenvalue weighted by atomic mass is 32.2. The number of benzene rings is 2. The van der Waals surface area contributed by atoms with Crippen LogP contribution < -0.4 is 14.8 Å². The fourth-order valence-corrected chi connectivity index (χ4v) is 2.93. The summed E-state index contributed by atoms with van der Waals surface area (Å²) in [6, 6.07) is 13.2. The number of amides is 1. The number of nitrogens with one attached hydrogen (secondary N) is 1. The van der Waals surface area contributed by atoms with Crippen molar-refractivity contribution in [2.45, 2.75) is 11.3 Å². The third-order valence-electron chi connectivity index (χ3n) is 3.81. The van der Waals surface area contributed by atoms with Gasteiger partial charge in [0.2, 0.25) is 18.6 Å². The minimum absolute atomic E-state index is 0.0692. The standard InChI is InChI=1S/C18H15N3O4S/c1-26-13-5-3-12(4-6-13)17-20-21-18(25-17)19-16(22)9-11-2-7-14-15(8-11)24-10-23-14/h2-8H,9-10H2,1H3,(H,19,21,22). The molecule has 0 aliphatic carbocycles. The summed E-state index contributed by atoms with van der Waals surface area (Å²) in [6.45, 7) is 0.202. The lowest BCUT2D eigenvalue weighted by atomic mass is 10.1. The Morgan fingerprint density at radius 2 is 1.92 bits per heavy atom. The van der Waals surface area contributed by atoms with Crippen molar-refractivity contribution in [2.75, 3.05) is 18.4 Å². The molecule has 2 aromatic carbocycles. The van der Waals surface area contributed by atoms with Crippen LogP contribution in [0.15, 0.2) is 51.8 Å². The molecule has 1 aromatic heterocycles. The highest BCUT2D eigenvalue weighted by molar-refractivity contribution is 7.98. The molecule has 0 unspecified atom stereocenters. The van der Waals surface area contributed by atoms with Crippen molar-refractivity contribution in [2.24, 2.45) is 0 Å². The summed E-state index contributed by atoms with van der Waals surface area (Å²) in [6.07, 6.45) is 2.17. The maximum absolute atomic E-state index is 12.2. The summed E-state index contributed by atoms with van der Waals surface area (Å²) in [5.74, 6) is 1.43. The third-order valence-corrected chi connectivity index (χ3v) is 4.55. The molecule has 3 aromatic rings. The number of hydrogen-bond donors (Lipinski definition) is 1. The van der Waals surface area contributed by atoms with Gasteiger partial charge in [0.15, 0.2) is 11.5 Å². The lowest BCUT2D eigenvalue weighted by Crippen LogP contribution is -2.14. The van der Waals surface area contributed by atoms with Crippen molar-refractivity contribution >= 4 is 23.7 Å². The Balaban J connectivity index is 1.41. The number of carbonyl (C=O) groups is 1. The van der Waals surface area contributed by atoms with E-state index in [2.05, 4.69) is 15.5 Å². The molecule has 8 heteroatoms. The molecule has 1 aliphatic rings. The van der Waals surface area contributed by atoms with Gasteiger partial charge >= 0.3 is 6.01 Å². The van der Waals surface area contributed by atoms with E-state index in [1.807, 2.05) is 36.6 Å². The van der Waals surface area contributed by atoms with Crippen molar-refractivity contribution < 1.29 is 18.7 Å². The molecule has 0 radical (unpaired) electrons. The van der Waals surface area contributed by atoms with E-state index in [1.54, 1.807) is 23.9 Å². The van der Waals surface area contributed by atoms with Gasteiger partial charge in [0.05, 0.1) is 6.42 Å². The second-order valence-electron chi connectivity index (χ2n) is 5.55. The first kappa shape index (κ1) is 16.5. The van der Waals surface area contributed by atoms with Crippen LogP contribution in [0.1, 0.15) is 5.56 Å². The van der Waals surface area contributed by atoms with Crippen LogP contribution in [0, 0.1) is 0 Å². The fraction of sp³-hybridized carbons (Fsp3) is 0.167. The van der Waals surface area contributed by atoms with Crippen molar-refractivity contribution in [1.29, 1.82) is 0 Å². The summed E-state index contributed by atoms with van der Waals surface area (Å²) in [7, 11) is 0. The Labute approximate surface area is 153 Å². The maximum Gasteiger partial charge on any atom is 0.322 e. The van der Waals surface area contributed by atoms with Crippen molar-refractivity contribution in [3.8, 4) is 23.0 Å². The Bertz CT molecular complexity index is 940. The SMILES string of the molecule is CSc1ccc(-c2nnc(NC(=O)Cc3ccc4c(c3)OCO4)o2)cc1. The molecular weight excluding hydrogens is 354 g/mol. The Kier molecular flexibility index (Phi) is 4.49. The van der Waals surface area contributed by atoms with Crippen LogP contribution in [0.3, 0.4) is 0 Å². The van der Waals surface area contributed by atoms with E-state index in [-0.39, 0.29) is 25.1 Å². The molecular formula is C18H15N3O4S. The van der Waals surface area contributed by atoms with E-state index >= 15 is 0 Å². The monoisotopic (exact) mass is 369 g/mol. The van der Waals surface area contributed by atoms with Gasteiger partial charge in [-0.3, -0.25) is 10.1 Å². The predicted octanol–water partition coefficient (Wildman–Crippen LogP) is 3.37. The molecule has 0 bridgehead atoms. The van der Waals surface area contributed by atoms with Gasteiger partial charge < -0.3 is 13.9 Å². The molecule has 0 saturated heterocycles. The van der Waals surface area contributed by atoms with Crippen LogP contribution in [0.2, 0.25) is 0 Å².